The van der Waals surface area contributed by atoms with Crippen molar-refractivity contribution in [2.75, 3.05) is 7.11 Å². The minimum Gasteiger partial charge on any atom is -0.496 e. The zero-order chi connectivity index (χ0) is 18.8. The van der Waals surface area contributed by atoms with Crippen LogP contribution in [-0.4, -0.2) is 23.0 Å². The summed E-state index contributed by atoms with van der Waals surface area (Å²) in [6, 6.07) is 11.1. The predicted molar refractivity (Wildman–Crippen MR) is 111 cm³/mol. The smallest absolute Gasteiger partial charge is 0.282 e. The van der Waals surface area contributed by atoms with Crippen LogP contribution in [0.15, 0.2) is 55.2 Å². The van der Waals surface area contributed by atoms with Crippen molar-refractivity contribution in [3.05, 3.63) is 67.1 Å². The third-order valence-corrected chi connectivity index (χ3v) is 4.96. The Kier molecular flexibility index (Phi) is 5.58. The molecule has 3 aromatic rings. The standard InChI is InChI=1S/C19H17Br2N3O2/c1-11(2)18-23-16-6-5-13(20)9-14(16)19(25)24(18)22-10-12-4-7-17(26-3)15(21)8-12/h4-11H,1-3H3. The number of hydrogen-bond acceptors (Lipinski definition) is 4. The SMILES string of the molecule is COc1ccc(C=Nn2c(C(C)C)nc3ccc(Br)cc3c2=O)cc1Br. The molecule has 2 aromatic carbocycles. The molecular weight excluding hydrogens is 462 g/mol. The van der Waals surface area contributed by atoms with Crippen molar-refractivity contribution >= 4 is 49.0 Å². The average molecular weight is 479 g/mol. The molecule has 0 unspecified atom stereocenters. The Labute approximate surface area is 168 Å². The lowest BCUT2D eigenvalue weighted by molar-refractivity contribution is 0.412. The van der Waals surface area contributed by atoms with Crippen molar-refractivity contribution in [1.29, 1.82) is 0 Å². The highest BCUT2D eigenvalue weighted by Crippen LogP contribution is 2.25. The number of rotatable bonds is 4. The first kappa shape index (κ1) is 18.8. The Morgan fingerprint density at radius 3 is 2.62 bits per heavy atom. The quantitative estimate of drug-likeness (QED) is 0.499. The summed E-state index contributed by atoms with van der Waals surface area (Å²) in [6.45, 7) is 3.98. The molecule has 0 atom stereocenters. The monoisotopic (exact) mass is 477 g/mol. The van der Waals surface area contributed by atoms with Gasteiger partial charge in [-0.3, -0.25) is 4.79 Å². The average Bonchev–Trinajstić information content (AvgIpc) is 2.61. The van der Waals surface area contributed by atoms with Crippen molar-refractivity contribution in [3.63, 3.8) is 0 Å². The van der Waals surface area contributed by atoms with Gasteiger partial charge in [0.2, 0.25) is 0 Å². The molecule has 0 saturated heterocycles. The van der Waals surface area contributed by atoms with Gasteiger partial charge in [-0.25, -0.2) is 4.98 Å². The number of benzene rings is 2. The molecule has 0 aliphatic carbocycles. The van der Waals surface area contributed by atoms with Gasteiger partial charge in [-0.05, 0) is 57.9 Å². The fraction of sp³-hybridized carbons (Fsp3) is 0.211. The zero-order valence-electron chi connectivity index (χ0n) is 14.5. The number of halogens is 2. The molecule has 0 amide bonds. The van der Waals surface area contributed by atoms with Crippen molar-refractivity contribution in [2.24, 2.45) is 5.10 Å². The molecule has 0 radical (unpaired) electrons. The lowest BCUT2D eigenvalue weighted by atomic mass is 10.2. The summed E-state index contributed by atoms with van der Waals surface area (Å²) in [5.74, 6) is 1.41. The van der Waals surface area contributed by atoms with Crippen molar-refractivity contribution < 1.29 is 4.74 Å². The van der Waals surface area contributed by atoms with E-state index in [1.165, 1.54) is 4.68 Å². The molecule has 1 heterocycles. The van der Waals surface area contributed by atoms with Gasteiger partial charge in [0.1, 0.15) is 11.6 Å². The molecule has 0 bridgehead atoms. The summed E-state index contributed by atoms with van der Waals surface area (Å²) in [5.41, 5.74) is 1.32. The summed E-state index contributed by atoms with van der Waals surface area (Å²) in [7, 11) is 1.61. The molecule has 7 heteroatoms. The third kappa shape index (κ3) is 3.73. The van der Waals surface area contributed by atoms with Gasteiger partial charge >= 0.3 is 0 Å². The molecule has 0 fully saturated rings. The number of ether oxygens (including phenoxy) is 1. The van der Waals surface area contributed by atoms with Gasteiger partial charge in [0.15, 0.2) is 0 Å². The topological polar surface area (TPSA) is 56.5 Å². The van der Waals surface area contributed by atoms with E-state index in [1.807, 2.05) is 44.2 Å². The number of fused-ring (bicyclic) bond motifs is 1. The Hall–Kier alpha value is -1.99. The van der Waals surface area contributed by atoms with Gasteiger partial charge in [0, 0.05) is 10.4 Å². The van der Waals surface area contributed by atoms with Crippen molar-refractivity contribution in [3.8, 4) is 5.75 Å². The van der Waals surface area contributed by atoms with Gasteiger partial charge < -0.3 is 4.74 Å². The fourth-order valence-electron chi connectivity index (χ4n) is 2.54. The summed E-state index contributed by atoms with van der Waals surface area (Å²) >= 11 is 6.86. The summed E-state index contributed by atoms with van der Waals surface area (Å²) in [6.07, 6.45) is 1.64. The first-order valence-corrected chi connectivity index (χ1v) is 9.59. The number of methoxy groups -OCH3 is 1. The molecule has 134 valence electrons. The van der Waals surface area contributed by atoms with E-state index in [0.717, 1.165) is 20.3 Å². The summed E-state index contributed by atoms with van der Waals surface area (Å²) in [5, 5.41) is 4.94. The maximum absolute atomic E-state index is 13.0. The maximum atomic E-state index is 13.0. The Balaban J connectivity index is 2.14. The highest BCUT2D eigenvalue weighted by atomic mass is 79.9. The van der Waals surface area contributed by atoms with Crippen LogP contribution < -0.4 is 10.3 Å². The van der Waals surface area contributed by atoms with Crippen LogP contribution in [0.1, 0.15) is 31.2 Å². The Morgan fingerprint density at radius 2 is 1.96 bits per heavy atom. The van der Waals surface area contributed by atoms with Crippen LogP contribution in [0.2, 0.25) is 0 Å². The van der Waals surface area contributed by atoms with Gasteiger partial charge in [-0.15, -0.1) is 0 Å². The van der Waals surface area contributed by atoms with Gasteiger partial charge in [0.05, 0.1) is 28.7 Å². The van der Waals surface area contributed by atoms with Crippen LogP contribution in [0.5, 0.6) is 5.75 Å². The molecule has 5 nitrogen and oxygen atoms in total. The number of hydrogen-bond donors (Lipinski definition) is 0. The van der Waals surface area contributed by atoms with Crippen molar-refractivity contribution in [2.45, 2.75) is 19.8 Å². The number of nitrogens with zero attached hydrogens (tertiary/aromatic N) is 3. The minimum atomic E-state index is -0.191. The summed E-state index contributed by atoms with van der Waals surface area (Å²) < 4.78 is 8.25. The van der Waals surface area contributed by atoms with Crippen molar-refractivity contribution in [1.82, 2.24) is 9.66 Å². The van der Waals surface area contributed by atoms with Crippen LogP contribution in [0, 0.1) is 0 Å². The number of aromatic nitrogens is 2. The van der Waals surface area contributed by atoms with E-state index in [1.54, 1.807) is 19.4 Å². The predicted octanol–water partition coefficient (Wildman–Crippen LogP) is 4.94. The fourth-order valence-corrected chi connectivity index (χ4v) is 3.46. The second-order valence-corrected chi connectivity index (χ2v) is 7.81. The highest BCUT2D eigenvalue weighted by Gasteiger charge is 2.13. The lowest BCUT2D eigenvalue weighted by Crippen LogP contribution is -2.23. The molecule has 0 saturated carbocycles. The van der Waals surface area contributed by atoms with Gasteiger partial charge in [-0.2, -0.15) is 9.78 Å². The van der Waals surface area contributed by atoms with Crippen LogP contribution in [-0.2, 0) is 0 Å². The van der Waals surface area contributed by atoms with E-state index < -0.39 is 0 Å². The van der Waals surface area contributed by atoms with Crippen LogP contribution >= 0.6 is 31.9 Å². The Bertz CT molecular complexity index is 1060. The lowest BCUT2D eigenvalue weighted by Gasteiger charge is -2.12. The largest absolute Gasteiger partial charge is 0.496 e. The van der Waals surface area contributed by atoms with Gasteiger partial charge in [-0.1, -0.05) is 29.8 Å². The highest BCUT2D eigenvalue weighted by molar-refractivity contribution is 9.10. The molecular formula is C19H17Br2N3O2. The molecule has 1 aromatic heterocycles. The summed E-state index contributed by atoms with van der Waals surface area (Å²) in [4.78, 5) is 17.6. The maximum Gasteiger partial charge on any atom is 0.282 e. The van der Waals surface area contributed by atoms with E-state index in [4.69, 9.17) is 4.74 Å². The minimum absolute atomic E-state index is 0.0514. The van der Waals surface area contributed by atoms with E-state index in [9.17, 15) is 4.79 Å². The second kappa shape index (κ2) is 7.72. The third-order valence-electron chi connectivity index (χ3n) is 3.85. The van der Waals surface area contributed by atoms with Crippen LogP contribution in [0.3, 0.4) is 0 Å². The second-order valence-electron chi connectivity index (χ2n) is 6.04. The van der Waals surface area contributed by atoms with E-state index in [2.05, 4.69) is 41.9 Å². The van der Waals surface area contributed by atoms with Gasteiger partial charge in [0.25, 0.3) is 5.56 Å². The van der Waals surface area contributed by atoms with Crippen LogP contribution in [0.25, 0.3) is 10.9 Å². The molecule has 26 heavy (non-hydrogen) atoms. The molecule has 0 spiro atoms. The normalized spacial score (nSPS) is 11.6. The molecule has 0 N–H and O–H groups in total. The molecule has 0 aliphatic heterocycles. The molecule has 3 rings (SSSR count). The Morgan fingerprint density at radius 1 is 1.19 bits per heavy atom. The van der Waals surface area contributed by atoms with E-state index in [-0.39, 0.29) is 11.5 Å². The van der Waals surface area contributed by atoms with Crippen LogP contribution in [0.4, 0.5) is 0 Å². The van der Waals surface area contributed by atoms with E-state index in [0.29, 0.717) is 16.7 Å². The first-order valence-electron chi connectivity index (χ1n) is 8.01. The first-order chi connectivity index (χ1) is 12.4. The molecule has 0 aliphatic rings. The van der Waals surface area contributed by atoms with E-state index >= 15 is 0 Å². The zero-order valence-corrected chi connectivity index (χ0v) is 17.7.